The fourth-order valence-electron chi connectivity index (χ4n) is 2.82. The van der Waals surface area contributed by atoms with Gasteiger partial charge in [-0.1, -0.05) is 0 Å². The summed E-state index contributed by atoms with van der Waals surface area (Å²) in [7, 11) is 2.16. The van der Waals surface area contributed by atoms with Gasteiger partial charge < -0.3 is 9.80 Å². The largest absolute Gasteiger partial charge is 0.338 e. The van der Waals surface area contributed by atoms with E-state index in [4.69, 9.17) is 4.98 Å². The average Bonchev–Trinajstić information content (AvgIpc) is 3.00. The Balaban J connectivity index is 1.93. The van der Waals surface area contributed by atoms with Crippen LogP contribution in [0.3, 0.4) is 0 Å². The number of hydrogen-bond donors (Lipinski definition) is 0. The number of anilines is 1. The third kappa shape index (κ3) is 2.08. The molecule has 21 heavy (non-hydrogen) atoms. The predicted octanol–water partition coefficient (Wildman–Crippen LogP) is 1.71. The van der Waals surface area contributed by atoms with E-state index in [1.54, 1.807) is 11.3 Å². The van der Waals surface area contributed by atoms with Crippen molar-refractivity contribution >= 4 is 33.1 Å². The molecule has 1 aliphatic heterocycles. The van der Waals surface area contributed by atoms with E-state index >= 15 is 0 Å². The maximum absolute atomic E-state index is 4.87. The second-order valence-corrected chi connectivity index (χ2v) is 6.91. The van der Waals surface area contributed by atoms with Crippen LogP contribution in [0.5, 0.6) is 0 Å². The minimum atomic E-state index is 0.795. The fraction of sp³-hybridized carbons (Fsp3) is 0.500. The van der Waals surface area contributed by atoms with E-state index in [-0.39, 0.29) is 0 Å². The smallest absolute Gasteiger partial charge is 0.230 e. The summed E-state index contributed by atoms with van der Waals surface area (Å²) >= 11 is 1.73. The van der Waals surface area contributed by atoms with Crippen LogP contribution in [0.2, 0.25) is 0 Å². The lowest BCUT2D eigenvalue weighted by molar-refractivity contribution is 0.310. The Labute approximate surface area is 127 Å². The summed E-state index contributed by atoms with van der Waals surface area (Å²) in [5.41, 5.74) is 0.927. The molecule has 0 bridgehead atoms. The maximum atomic E-state index is 4.87. The summed E-state index contributed by atoms with van der Waals surface area (Å²) in [5.74, 6) is 1.72. The van der Waals surface area contributed by atoms with Gasteiger partial charge in [0.1, 0.15) is 10.7 Å². The summed E-state index contributed by atoms with van der Waals surface area (Å²) < 4.78 is 1.91. The van der Waals surface area contributed by atoms with Crippen LogP contribution in [0.15, 0.2) is 6.07 Å². The SMILES string of the molecule is Cc1nc2c3cc(C)sc3nc(N3CCN(C)CC3)n2n1. The molecule has 1 saturated heterocycles. The van der Waals surface area contributed by atoms with Gasteiger partial charge in [0.2, 0.25) is 5.95 Å². The third-order valence-corrected chi connectivity index (χ3v) is 4.91. The van der Waals surface area contributed by atoms with Gasteiger partial charge in [0.25, 0.3) is 0 Å². The number of fused-ring (bicyclic) bond motifs is 3. The molecule has 0 aromatic carbocycles. The Morgan fingerprint density at radius 1 is 1.10 bits per heavy atom. The average molecular weight is 302 g/mol. The van der Waals surface area contributed by atoms with Crippen molar-refractivity contribution in [3.63, 3.8) is 0 Å². The third-order valence-electron chi connectivity index (χ3n) is 3.97. The van der Waals surface area contributed by atoms with E-state index in [0.717, 1.165) is 53.8 Å². The summed E-state index contributed by atoms with van der Waals surface area (Å²) in [6.45, 7) is 8.12. The molecule has 1 aliphatic rings. The molecule has 7 heteroatoms. The minimum absolute atomic E-state index is 0.795. The second-order valence-electron chi connectivity index (χ2n) is 5.67. The highest BCUT2D eigenvalue weighted by molar-refractivity contribution is 7.18. The first-order valence-electron chi connectivity index (χ1n) is 7.19. The number of hydrogen-bond acceptors (Lipinski definition) is 6. The zero-order chi connectivity index (χ0) is 14.6. The van der Waals surface area contributed by atoms with Crippen LogP contribution in [-0.2, 0) is 0 Å². The lowest BCUT2D eigenvalue weighted by Crippen LogP contribution is -2.45. The van der Waals surface area contributed by atoms with Crippen molar-refractivity contribution in [1.29, 1.82) is 0 Å². The van der Waals surface area contributed by atoms with Gasteiger partial charge in [0.05, 0.1) is 5.39 Å². The van der Waals surface area contributed by atoms with E-state index < -0.39 is 0 Å². The van der Waals surface area contributed by atoms with Crippen molar-refractivity contribution in [1.82, 2.24) is 24.5 Å². The first-order chi connectivity index (χ1) is 10.1. The zero-order valence-electron chi connectivity index (χ0n) is 12.5. The van der Waals surface area contributed by atoms with Crippen molar-refractivity contribution in [3.8, 4) is 0 Å². The Kier molecular flexibility index (Phi) is 2.87. The Bertz CT molecular complexity index is 812. The molecule has 0 atom stereocenters. The summed E-state index contributed by atoms with van der Waals surface area (Å²) in [5, 5.41) is 5.67. The van der Waals surface area contributed by atoms with E-state index in [1.807, 2.05) is 11.4 Å². The lowest BCUT2D eigenvalue weighted by atomic mass is 10.3. The molecule has 6 nitrogen and oxygen atoms in total. The quantitative estimate of drug-likeness (QED) is 0.685. The van der Waals surface area contributed by atoms with Crippen LogP contribution in [0.1, 0.15) is 10.7 Å². The fourth-order valence-corrected chi connectivity index (χ4v) is 3.69. The van der Waals surface area contributed by atoms with Crippen molar-refractivity contribution in [2.24, 2.45) is 0 Å². The highest BCUT2D eigenvalue weighted by Crippen LogP contribution is 2.29. The monoisotopic (exact) mass is 302 g/mol. The summed E-state index contributed by atoms with van der Waals surface area (Å²) in [6, 6.07) is 2.16. The van der Waals surface area contributed by atoms with Gasteiger partial charge in [0, 0.05) is 31.1 Å². The first kappa shape index (κ1) is 13.0. The number of piperazine rings is 1. The number of rotatable bonds is 1. The van der Waals surface area contributed by atoms with Gasteiger partial charge >= 0.3 is 0 Å². The van der Waals surface area contributed by atoms with E-state index in [0.29, 0.717) is 0 Å². The summed E-state index contributed by atoms with van der Waals surface area (Å²) in [6.07, 6.45) is 0. The molecule has 0 aliphatic carbocycles. The Morgan fingerprint density at radius 3 is 2.62 bits per heavy atom. The predicted molar refractivity (Wildman–Crippen MR) is 85.3 cm³/mol. The van der Waals surface area contributed by atoms with Gasteiger partial charge in [-0.2, -0.15) is 4.52 Å². The van der Waals surface area contributed by atoms with Crippen LogP contribution < -0.4 is 4.90 Å². The van der Waals surface area contributed by atoms with Crippen LogP contribution in [0.25, 0.3) is 15.9 Å². The Morgan fingerprint density at radius 2 is 1.86 bits per heavy atom. The highest BCUT2D eigenvalue weighted by atomic mass is 32.1. The summed E-state index contributed by atoms with van der Waals surface area (Å²) in [4.78, 5) is 16.5. The molecule has 4 rings (SSSR count). The van der Waals surface area contributed by atoms with Gasteiger partial charge in [-0.25, -0.2) is 9.97 Å². The number of thiophene rings is 1. The molecule has 0 N–H and O–H groups in total. The van der Waals surface area contributed by atoms with Gasteiger partial charge in [-0.15, -0.1) is 16.4 Å². The molecule has 0 unspecified atom stereocenters. The molecule has 0 radical (unpaired) electrons. The molecule has 3 aromatic heterocycles. The van der Waals surface area contributed by atoms with Gasteiger partial charge in [-0.05, 0) is 27.0 Å². The number of nitrogens with zero attached hydrogens (tertiary/aromatic N) is 6. The van der Waals surface area contributed by atoms with Gasteiger partial charge in [0.15, 0.2) is 5.65 Å². The molecule has 0 spiro atoms. The maximum Gasteiger partial charge on any atom is 0.230 e. The van der Waals surface area contributed by atoms with Crippen LogP contribution in [-0.4, -0.2) is 57.7 Å². The van der Waals surface area contributed by atoms with Crippen molar-refractivity contribution < 1.29 is 0 Å². The number of likely N-dealkylation sites (N-methyl/N-ethyl adjacent to an activating group) is 1. The minimum Gasteiger partial charge on any atom is -0.338 e. The van der Waals surface area contributed by atoms with E-state index in [1.165, 1.54) is 4.88 Å². The molecule has 0 amide bonds. The van der Waals surface area contributed by atoms with E-state index in [2.05, 4.69) is 39.9 Å². The molecular formula is C14H18N6S. The molecular weight excluding hydrogens is 284 g/mol. The molecule has 0 saturated carbocycles. The topological polar surface area (TPSA) is 49.6 Å². The standard InChI is InChI=1S/C14H18N6S/c1-9-8-11-12-15-10(2)17-20(12)14(16-13(11)21-9)19-6-4-18(3)5-7-19/h8H,4-7H2,1-3H3. The highest BCUT2D eigenvalue weighted by Gasteiger charge is 2.21. The van der Waals surface area contributed by atoms with Crippen LogP contribution in [0, 0.1) is 13.8 Å². The lowest BCUT2D eigenvalue weighted by Gasteiger charge is -2.32. The molecule has 3 aromatic rings. The number of aryl methyl sites for hydroxylation is 2. The number of aromatic nitrogens is 4. The van der Waals surface area contributed by atoms with Crippen LogP contribution in [0.4, 0.5) is 5.95 Å². The first-order valence-corrected chi connectivity index (χ1v) is 8.00. The van der Waals surface area contributed by atoms with Crippen LogP contribution >= 0.6 is 11.3 Å². The molecule has 110 valence electrons. The normalized spacial score (nSPS) is 17.2. The van der Waals surface area contributed by atoms with Crippen molar-refractivity contribution in [3.05, 3.63) is 16.8 Å². The molecule has 1 fully saturated rings. The second kappa shape index (κ2) is 4.64. The van der Waals surface area contributed by atoms with Gasteiger partial charge in [-0.3, -0.25) is 0 Å². The molecule has 4 heterocycles. The van der Waals surface area contributed by atoms with E-state index in [9.17, 15) is 0 Å². The van der Waals surface area contributed by atoms with Crippen molar-refractivity contribution in [2.75, 3.05) is 38.1 Å². The van der Waals surface area contributed by atoms with Crippen molar-refractivity contribution in [2.45, 2.75) is 13.8 Å². The zero-order valence-corrected chi connectivity index (χ0v) is 13.3. The Hall–Kier alpha value is -1.73.